The van der Waals surface area contributed by atoms with Gasteiger partial charge in [0.2, 0.25) is 0 Å². The van der Waals surface area contributed by atoms with Gasteiger partial charge in [-0.1, -0.05) is 20.8 Å². The van der Waals surface area contributed by atoms with Crippen LogP contribution < -0.4 is 7.52 Å². The third-order valence-electron chi connectivity index (χ3n) is 0.919. The van der Waals surface area contributed by atoms with Gasteiger partial charge >= 0.3 is 47.8 Å². The van der Waals surface area contributed by atoms with Gasteiger partial charge in [0, 0.05) is 0 Å². The van der Waals surface area contributed by atoms with Crippen LogP contribution in [0.25, 0.3) is 34.4 Å². The molecule has 135 valence electrons. The minimum atomic E-state index is -6.17. The van der Waals surface area contributed by atoms with Crippen LogP contribution in [0.2, 0.25) is 0 Å². The SMILES string of the molecule is CC([NH-])C[NH-].CC([NH-])C[NH-].CC([NH-])C[NH-].[Co+2].[O]=[W](=[O])([O-])[O-]. The van der Waals surface area contributed by atoms with E-state index in [1.54, 1.807) is 20.8 Å². The molecule has 3 unspecified atom stereocenters. The summed E-state index contributed by atoms with van der Waals surface area (Å²) < 4.78 is 34.6. The number of hydrogen-bond donors (Lipinski definition) is 0. The Morgan fingerprint density at radius 3 is 0.810 bits per heavy atom. The molecule has 21 heavy (non-hydrogen) atoms. The van der Waals surface area contributed by atoms with Crippen molar-refractivity contribution >= 4 is 0 Å². The second-order valence-corrected chi connectivity index (χ2v) is 6.66. The van der Waals surface area contributed by atoms with Gasteiger partial charge in [0.25, 0.3) is 0 Å². The average molecular weight is 523 g/mol. The summed E-state index contributed by atoms with van der Waals surface area (Å²) in [7, 11) is 0. The van der Waals surface area contributed by atoms with Crippen LogP contribution in [-0.2, 0) is 40.3 Å². The topological polar surface area (TPSA) is 223 Å². The van der Waals surface area contributed by atoms with Crippen molar-refractivity contribution in [1.82, 2.24) is 0 Å². The van der Waals surface area contributed by atoms with Crippen molar-refractivity contribution in [2.45, 2.75) is 38.9 Å². The van der Waals surface area contributed by atoms with E-state index >= 15 is 0 Å². The molecule has 0 aromatic carbocycles. The average Bonchev–Trinajstić information content (AvgIpc) is 2.28. The molecule has 0 saturated carbocycles. The molecule has 0 aliphatic rings. The van der Waals surface area contributed by atoms with Crippen molar-refractivity contribution in [2.24, 2.45) is 0 Å². The van der Waals surface area contributed by atoms with Gasteiger partial charge in [-0.05, 0) is 0 Å². The number of nitrogens with one attached hydrogen (secondary N) is 6. The summed E-state index contributed by atoms with van der Waals surface area (Å²) in [5.41, 5.74) is 39.3. The van der Waals surface area contributed by atoms with E-state index in [0.717, 1.165) is 0 Å². The molecule has 0 aliphatic heterocycles. The van der Waals surface area contributed by atoms with Gasteiger partial charge in [0.05, 0.1) is 0 Å². The molecule has 0 aromatic rings. The molecular formula is C9H24CoN6O4W-6. The molecule has 0 rings (SSSR count). The molecule has 0 bridgehead atoms. The van der Waals surface area contributed by atoms with Crippen molar-refractivity contribution in [3.63, 3.8) is 0 Å². The summed E-state index contributed by atoms with van der Waals surface area (Å²) in [5, 5.41) is 0. The molecule has 1 radical (unpaired) electrons. The van der Waals surface area contributed by atoms with E-state index in [2.05, 4.69) is 0 Å². The predicted octanol–water partition coefficient (Wildman–Crippen LogP) is 1.82. The minimum absolute atomic E-state index is 0. The molecule has 0 spiro atoms. The second kappa shape index (κ2) is 22.8. The fourth-order valence-electron chi connectivity index (χ4n) is 0. The molecule has 0 aromatic heterocycles. The molecule has 0 heterocycles. The molecule has 10 nitrogen and oxygen atoms in total. The fraction of sp³-hybridized carbons (Fsp3) is 1.00. The summed E-state index contributed by atoms with van der Waals surface area (Å²) in [6.45, 7) is 5.77. The van der Waals surface area contributed by atoms with Crippen molar-refractivity contribution < 1.29 is 47.8 Å². The molecule has 12 heteroatoms. The van der Waals surface area contributed by atoms with E-state index in [4.69, 9.17) is 48.7 Å². The zero-order chi connectivity index (χ0) is 17.4. The Kier molecular flexibility index (Phi) is 35.9. The summed E-state index contributed by atoms with van der Waals surface area (Å²) in [5.74, 6) is 0. The van der Waals surface area contributed by atoms with Crippen LogP contribution in [0.3, 0.4) is 0 Å². The zero-order valence-electron chi connectivity index (χ0n) is 12.2. The summed E-state index contributed by atoms with van der Waals surface area (Å²) in [6, 6.07) is -0.597. The first-order valence-electron chi connectivity index (χ1n) is 5.55. The summed E-state index contributed by atoms with van der Waals surface area (Å²) >= 11 is -6.17. The third-order valence-corrected chi connectivity index (χ3v) is 0.919. The number of rotatable bonds is 3. The van der Waals surface area contributed by atoms with Gasteiger partial charge in [-0.2, -0.15) is 37.8 Å². The van der Waals surface area contributed by atoms with Crippen LogP contribution in [0.1, 0.15) is 20.8 Å². The van der Waals surface area contributed by atoms with Crippen molar-refractivity contribution in [1.29, 1.82) is 0 Å². The standard InChI is InChI=1S/3C3H8N2.Co.4O.W/c3*1-3(5)2-4;;;;;;/h3*3-5H,2H2,1H3;;;;;;/q3*-2;+2;;;2*-1;. The number of hydrogen-bond acceptors (Lipinski definition) is 4. The summed E-state index contributed by atoms with van der Waals surface area (Å²) in [6.07, 6.45) is 0. The van der Waals surface area contributed by atoms with E-state index < -0.39 is 16.7 Å². The first-order chi connectivity index (χ1) is 8.81. The normalized spacial score (nSPS) is 13.5. The van der Waals surface area contributed by atoms with E-state index in [0.29, 0.717) is 0 Å². The summed E-state index contributed by atoms with van der Waals surface area (Å²) in [4.78, 5) is 0. The van der Waals surface area contributed by atoms with E-state index in [1.165, 1.54) is 0 Å². The molecule has 0 fully saturated rings. The molecule has 0 aliphatic carbocycles. The maximum absolute atomic E-state index is 8.65. The quantitative estimate of drug-likeness (QED) is 0.540. The Morgan fingerprint density at radius 1 is 0.762 bits per heavy atom. The fourth-order valence-corrected chi connectivity index (χ4v) is 0. The second-order valence-electron chi connectivity index (χ2n) is 3.72. The van der Waals surface area contributed by atoms with Gasteiger partial charge in [-0.3, -0.25) is 0 Å². The molecule has 0 saturated heterocycles. The molecule has 0 amide bonds. The van der Waals surface area contributed by atoms with Crippen LogP contribution in [0.15, 0.2) is 0 Å². The van der Waals surface area contributed by atoms with Crippen molar-refractivity contribution in [3.8, 4) is 0 Å². The first kappa shape index (κ1) is 33.2. The van der Waals surface area contributed by atoms with E-state index in [1.807, 2.05) is 0 Å². The molecule has 3 atom stereocenters. The van der Waals surface area contributed by atoms with Gasteiger partial charge in [-0.15, -0.1) is 0 Å². The Balaban J connectivity index is -0.0000000533. The zero-order valence-corrected chi connectivity index (χ0v) is 16.2. The van der Waals surface area contributed by atoms with Crippen molar-refractivity contribution in [3.05, 3.63) is 34.4 Å². The maximum atomic E-state index is 8.65. The van der Waals surface area contributed by atoms with Crippen LogP contribution in [-0.4, -0.2) is 37.8 Å². The third kappa shape index (κ3) is 167. The Morgan fingerprint density at radius 2 is 0.810 bits per heavy atom. The van der Waals surface area contributed by atoms with Gasteiger partial charge in [0.15, 0.2) is 0 Å². The van der Waals surface area contributed by atoms with Gasteiger partial charge in [-0.25, -0.2) is 0 Å². The van der Waals surface area contributed by atoms with Crippen LogP contribution >= 0.6 is 0 Å². The van der Waals surface area contributed by atoms with Crippen LogP contribution in [0, 0.1) is 0 Å². The van der Waals surface area contributed by atoms with E-state index in [9.17, 15) is 0 Å². The Bertz CT molecular complexity index is 238. The van der Waals surface area contributed by atoms with Gasteiger partial charge < -0.3 is 34.4 Å². The Hall–Kier alpha value is 0.475. The van der Waals surface area contributed by atoms with Crippen LogP contribution in [0.5, 0.6) is 0 Å². The predicted molar refractivity (Wildman–Crippen MR) is 70.3 cm³/mol. The Labute approximate surface area is 140 Å². The molecule has 6 N–H and O–H groups in total. The van der Waals surface area contributed by atoms with Gasteiger partial charge in [0.1, 0.15) is 0 Å². The first-order valence-corrected chi connectivity index (χ1v) is 10.3. The van der Waals surface area contributed by atoms with Crippen molar-refractivity contribution in [2.75, 3.05) is 19.6 Å². The van der Waals surface area contributed by atoms with Crippen LogP contribution in [0.4, 0.5) is 0 Å². The molecular weight excluding hydrogens is 499 g/mol. The monoisotopic (exact) mass is 523 g/mol. The van der Waals surface area contributed by atoms with E-state index in [-0.39, 0.29) is 54.5 Å².